The summed E-state index contributed by atoms with van der Waals surface area (Å²) in [6.07, 6.45) is 51.8. The third-order valence-electron chi connectivity index (χ3n) is 9.11. The second-order valence-corrected chi connectivity index (χ2v) is 14.0. The molecule has 0 saturated carbocycles. The van der Waals surface area contributed by atoms with Crippen molar-refractivity contribution < 1.29 is 24.2 Å². The Kier molecular flexibility index (Phi) is 39.5. The van der Waals surface area contributed by atoms with Crippen LogP contribution in [0, 0.1) is 0 Å². The van der Waals surface area contributed by atoms with Gasteiger partial charge in [0, 0.05) is 12.8 Å². The summed E-state index contributed by atoms with van der Waals surface area (Å²) in [4.78, 5) is 24.3. The Labute approximate surface area is 309 Å². The number of allylic oxidation sites excluding steroid dienone is 8. The van der Waals surface area contributed by atoms with Crippen molar-refractivity contribution in [3.63, 3.8) is 0 Å². The Balaban J connectivity index is 3.54. The summed E-state index contributed by atoms with van der Waals surface area (Å²) in [5, 5.41) is 9.57. The predicted octanol–water partition coefficient (Wildman–Crippen LogP) is 13.4. The number of unbranched alkanes of at least 4 members (excludes halogenated alkanes) is 22. The van der Waals surface area contributed by atoms with Gasteiger partial charge in [-0.25, -0.2) is 0 Å². The summed E-state index contributed by atoms with van der Waals surface area (Å²) in [7, 11) is 0. The van der Waals surface area contributed by atoms with Crippen molar-refractivity contribution in [2.45, 2.75) is 213 Å². The molecule has 0 radical (unpaired) electrons. The highest BCUT2D eigenvalue weighted by atomic mass is 16.6. The minimum absolute atomic E-state index is 0.0750. The van der Waals surface area contributed by atoms with Crippen LogP contribution in [-0.2, 0) is 19.1 Å². The first-order valence-electron chi connectivity index (χ1n) is 21.2. The number of rotatable bonds is 38. The standard InChI is InChI=1S/C45H80O5/c1-3-5-7-9-11-13-15-17-19-20-21-22-23-24-26-28-30-32-34-36-38-40-45(48)50-43(41-46)42-49-44(47)39-37-35-33-31-29-27-25-18-16-14-12-10-8-6-4-2/h6,8,12,14,17-19,25,43,46H,3-5,7,9-11,13,15-16,20-24,26-42H2,1-2H3/t43-/m0/s1. The smallest absolute Gasteiger partial charge is 0.306 e. The van der Waals surface area contributed by atoms with Crippen LogP contribution < -0.4 is 0 Å². The molecule has 0 spiro atoms. The lowest BCUT2D eigenvalue weighted by atomic mass is 10.0. The molecule has 50 heavy (non-hydrogen) atoms. The van der Waals surface area contributed by atoms with Gasteiger partial charge in [0.15, 0.2) is 6.10 Å². The van der Waals surface area contributed by atoms with E-state index in [2.05, 4.69) is 62.5 Å². The van der Waals surface area contributed by atoms with Crippen LogP contribution in [0.3, 0.4) is 0 Å². The normalized spacial score (nSPS) is 12.6. The molecule has 290 valence electrons. The summed E-state index contributed by atoms with van der Waals surface area (Å²) >= 11 is 0. The van der Waals surface area contributed by atoms with Gasteiger partial charge in [-0.2, -0.15) is 0 Å². The van der Waals surface area contributed by atoms with Crippen LogP contribution in [0.25, 0.3) is 0 Å². The second kappa shape index (κ2) is 41.3. The topological polar surface area (TPSA) is 72.8 Å². The molecule has 5 nitrogen and oxygen atoms in total. The molecule has 0 unspecified atom stereocenters. The quantitative estimate of drug-likeness (QED) is 0.0394. The molecule has 0 aromatic heterocycles. The van der Waals surface area contributed by atoms with Gasteiger partial charge in [-0.15, -0.1) is 0 Å². The largest absolute Gasteiger partial charge is 0.462 e. The van der Waals surface area contributed by atoms with Crippen LogP contribution >= 0.6 is 0 Å². The highest BCUT2D eigenvalue weighted by Gasteiger charge is 2.16. The minimum atomic E-state index is -0.778. The molecular formula is C45H80O5. The number of ether oxygens (including phenoxy) is 2. The molecule has 0 amide bonds. The number of carbonyl (C=O) groups is 2. The van der Waals surface area contributed by atoms with Crippen LogP contribution in [0.1, 0.15) is 206 Å². The predicted molar refractivity (Wildman–Crippen MR) is 214 cm³/mol. The van der Waals surface area contributed by atoms with E-state index in [4.69, 9.17) is 9.47 Å². The SMILES string of the molecule is CCC=CCC=CCC=CCCCCCCCC(=O)OC[C@H](CO)OC(=O)CCCCCCCCCCCCCC=CCCCCCCCC. The van der Waals surface area contributed by atoms with Gasteiger partial charge in [0.2, 0.25) is 0 Å². The molecule has 0 aliphatic heterocycles. The van der Waals surface area contributed by atoms with E-state index in [-0.39, 0.29) is 25.2 Å². The molecule has 5 heteroatoms. The van der Waals surface area contributed by atoms with Crippen molar-refractivity contribution in [2.24, 2.45) is 0 Å². The molecule has 0 aromatic carbocycles. The van der Waals surface area contributed by atoms with Gasteiger partial charge in [-0.1, -0.05) is 172 Å². The van der Waals surface area contributed by atoms with E-state index in [0.29, 0.717) is 12.8 Å². The van der Waals surface area contributed by atoms with Crippen LogP contribution in [0.5, 0.6) is 0 Å². The summed E-state index contributed by atoms with van der Waals surface area (Å²) in [5.41, 5.74) is 0. The zero-order valence-corrected chi connectivity index (χ0v) is 32.9. The Bertz CT molecular complexity index is 842. The Hall–Kier alpha value is -2.14. The zero-order chi connectivity index (χ0) is 36.4. The molecule has 1 N–H and O–H groups in total. The van der Waals surface area contributed by atoms with E-state index >= 15 is 0 Å². The lowest BCUT2D eigenvalue weighted by molar-refractivity contribution is -0.161. The van der Waals surface area contributed by atoms with Gasteiger partial charge in [0.1, 0.15) is 6.61 Å². The van der Waals surface area contributed by atoms with Gasteiger partial charge in [-0.3, -0.25) is 9.59 Å². The number of carbonyl (C=O) groups excluding carboxylic acids is 2. The van der Waals surface area contributed by atoms with E-state index in [1.54, 1.807) is 0 Å². The fraction of sp³-hybridized carbons (Fsp3) is 0.778. The summed E-state index contributed by atoms with van der Waals surface area (Å²) < 4.78 is 10.6. The van der Waals surface area contributed by atoms with E-state index < -0.39 is 6.10 Å². The third kappa shape index (κ3) is 38.7. The summed E-state index contributed by atoms with van der Waals surface area (Å²) in [6.45, 7) is 4.01. The van der Waals surface area contributed by atoms with Crippen molar-refractivity contribution in [1.82, 2.24) is 0 Å². The lowest BCUT2D eigenvalue weighted by Gasteiger charge is -2.15. The van der Waals surface area contributed by atoms with Crippen LogP contribution in [0.4, 0.5) is 0 Å². The first-order chi connectivity index (χ1) is 24.6. The maximum Gasteiger partial charge on any atom is 0.306 e. The molecular weight excluding hydrogens is 620 g/mol. The third-order valence-corrected chi connectivity index (χ3v) is 9.11. The van der Waals surface area contributed by atoms with Crippen molar-refractivity contribution in [1.29, 1.82) is 0 Å². The zero-order valence-electron chi connectivity index (χ0n) is 32.9. The van der Waals surface area contributed by atoms with Crippen molar-refractivity contribution in [2.75, 3.05) is 13.2 Å². The number of aliphatic hydroxyl groups is 1. The van der Waals surface area contributed by atoms with Crippen molar-refractivity contribution in [3.8, 4) is 0 Å². The Morgan fingerprint density at radius 3 is 1.32 bits per heavy atom. The van der Waals surface area contributed by atoms with Crippen molar-refractivity contribution in [3.05, 3.63) is 48.6 Å². The molecule has 0 aliphatic carbocycles. The monoisotopic (exact) mass is 701 g/mol. The lowest BCUT2D eigenvalue weighted by Crippen LogP contribution is -2.28. The molecule has 1 atom stereocenters. The summed E-state index contributed by atoms with van der Waals surface area (Å²) in [6, 6.07) is 0. The Morgan fingerprint density at radius 1 is 0.480 bits per heavy atom. The number of hydrogen-bond acceptors (Lipinski definition) is 5. The first-order valence-corrected chi connectivity index (χ1v) is 21.2. The van der Waals surface area contributed by atoms with E-state index in [1.807, 2.05) is 0 Å². The van der Waals surface area contributed by atoms with Gasteiger partial charge in [0.05, 0.1) is 6.61 Å². The Morgan fingerprint density at radius 2 is 0.860 bits per heavy atom. The van der Waals surface area contributed by atoms with Gasteiger partial charge < -0.3 is 14.6 Å². The first kappa shape index (κ1) is 47.9. The molecule has 0 fully saturated rings. The fourth-order valence-corrected chi connectivity index (χ4v) is 5.92. The van der Waals surface area contributed by atoms with E-state index in [0.717, 1.165) is 70.6 Å². The molecule has 0 aromatic rings. The molecule has 0 aliphatic rings. The van der Waals surface area contributed by atoms with E-state index in [9.17, 15) is 14.7 Å². The average Bonchev–Trinajstić information content (AvgIpc) is 3.12. The number of aliphatic hydroxyl groups excluding tert-OH is 1. The number of esters is 2. The van der Waals surface area contributed by atoms with Gasteiger partial charge in [-0.05, 0) is 70.6 Å². The molecule has 0 bridgehead atoms. The molecule has 0 heterocycles. The fourth-order valence-electron chi connectivity index (χ4n) is 5.92. The van der Waals surface area contributed by atoms with Crippen LogP contribution in [-0.4, -0.2) is 36.4 Å². The molecule has 0 saturated heterocycles. The maximum atomic E-state index is 12.2. The average molecular weight is 701 g/mol. The van der Waals surface area contributed by atoms with E-state index in [1.165, 1.54) is 109 Å². The van der Waals surface area contributed by atoms with Gasteiger partial charge in [0.25, 0.3) is 0 Å². The highest BCUT2D eigenvalue weighted by Crippen LogP contribution is 2.14. The van der Waals surface area contributed by atoms with Crippen LogP contribution in [0.2, 0.25) is 0 Å². The minimum Gasteiger partial charge on any atom is -0.462 e. The maximum absolute atomic E-state index is 12.2. The van der Waals surface area contributed by atoms with Gasteiger partial charge >= 0.3 is 11.9 Å². The number of hydrogen-bond donors (Lipinski definition) is 1. The molecule has 0 rings (SSSR count). The van der Waals surface area contributed by atoms with Crippen molar-refractivity contribution >= 4 is 11.9 Å². The van der Waals surface area contributed by atoms with Crippen LogP contribution in [0.15, 0.2) is 48.6 Å². The second-order valence-electron chi connectivity index (χ2n) is 14.0. The summed E-state index contributed by atoms with van der Waals surface area (Å²) in [5.74, 6) is -0.609. The highest BCUT2D eigenvalue weighted by molar-refractivity contribution is 5.70.